The number of benzene rings is 7. The summed E-state index contributed by atoms with van der Waals surface area (Å²) in [4.78, 5) is 132. The van der Waals surface area contributed by atoms with Gasteiger partial charge in [0.05, 0.1) is 52.9 Å². The molecule has 133 heavy (non-hydrogen) atoms. The molecule has 0 radical (unpaired) electrons. The summed E-state index contributed by atoms with van der Waals surface area (Å²) in [5.74, 6) is -18.7. The summed E-state index contributed by atoms with van der Waals surface area (Å²) in [5, 5.41) is 175. The van der Waals surface area contributed by atoms with Gasteiger partial charge in [-0.3, -0.25) is 43.2 Å². The van der Waals surface area contributed by atoms with Crippen LogP contribution >= 0.6 is 34.8 Å². The second-order valence-electron chi connectivity index (χ2n) is 34.4. The van der Waals surface area contributed by atoms with Crippen molar-refractivity contribution >= 4 is 88.2 Å². The first-order valence-corrected chi connectivity index (χ1v) is 44.4. The molecule has 7 aromatic carbocycles. The summed E-state index contributed by atoms with van der Waals surface area (Å²) in [6.45, 7) is 6.34. The smallest absolute Gasteiger partial charge is 0.295 e. The van der Waals surface area contributed by atoms with E-state index in [1.54, 1.807) is 32.9 Å². The Morgan fingerprint density at radius 3 is 1.94 bits per heavy atom. The fraction of sp³-hybridized carbons (Fsp3) is 0.452. The number of halogens is 3. The van der Waals surface area contributed by atoms with Gasteiger partial charge in [-0.15, -0.1) is 0 Å². The second kappa shape index (κ2) is 44.3. The molecule has 2 saturated heterocycles. The number of phenols is 3. The number of fused-ring (bicyclic) bond motifs is 15. The van der Waals surface area contributed by atoms with Crippen molar-refractivity contribution in [1.29, 1.82) is 0 Å². The fourth-order valence-corrected chi connectivity index (χ4v) is 17.5. The number of ketones is 3. The maximum atomic E-state index is 16.6. The molecular formula is C93H108Cl3N7O30. The predicted molar refractivity (Wildman–Crippen MR) is 474 cm³/mol. The lowest BCUT2D eigenvalue weighted by Gasteiger charge is -2.48. The van der Waals surface area contributed by atoms with Crippen LogP contribution in [0.15, 0.2) is 121 Å². The van der Waals surface area contributed by atoms with E-state index in [0.29, 0.717) is 11.4 Å². The Morgan fingerprint density at radius 1 is 0.692 bits per heavy atom. The fourth-order valence-electron chi connectivity index (χ4n) is 16.9. The minimum Gasteiger partial charge on any atom is -0.507 e. The number of ether oxygens (including phenoxy) is 7. The Balaban J connectivity index is 1.01. The van der Waals surface area contributed by atoms with E-state index in [1.165, 1.54) is 24.3 Å². The van der Waals surface area contributed by atoms with E-state index in [4.69, 9.17) is 73.7 Å². The van der Waals surface area contributed by atoms with Crippen molar-refractivity contribution in [1.82, 2.24) is 31.9 Å². The zero-order valence-electron chi connectivity index (χ0n) is 72.7. The van der Waals surface area contributed by atoms with E-state index in [2.05, 4.69) is 31.9 Å². The van der Waals surface area contributed by atoms with Gasteiger partial charge in [-0.05, 0) is 158 Å². The van der Waals surface area contributed by atoms with Crippen LogP contribution in [-0.2, 0) is 75.2 Å². The number of Topliss-reactive ketones (excluding diaryl/α,β-unsaturated/α-hetero) is 3. The third-order valence-electron chi connectivity index (χ3n) is 24.5. The molecule has 37 nitrogen and oxygen atoms in total. The molecule has 7 aliphatic heterocycles. The van der Waals surface area contributed by atoms with E-state index in [0.717, 1.165) is 65.2 Å². The number of nitrogens with one attached hydrogen (secondary N) is 6. The summed E-state index contributed by atoms with van der Waals surface area (Å²) < 4.78 is 45.3. The average molecular weight is 1910 g/mol. The van der Waals surface area contributed by atoms with Gasteiger partial charge in [-0.25, -0.2) is 0 Å². The number of rotatable bonds is 30. The Morgan fingerprint density at radius 2 is 1.33 bits per heavy atom. The highest BCUT2D eigenvalue weighted by atomic mass is 35.5. The number of primary amides is 1. The van der Waals surface area contributed by atoms with Gasteiger partial charge in [-0.2, -0.15) is 0 Å². The van der Waals surface area contributed by atoms with E-state index in [9.17, 15) is 90.7 Å². The zero-order valence-corrected chi connectivity index (χ0v) is 75.0. The summed E-state index contributed by atoms with van der Waals surface area (Å²) in [6.07, 6.45) is -31.1. The predicted octanol–water partition coefficient (Wildman–Crippen LogP) is 4.98. The van der Waals surface area contributed by atoms with Crippen LogP contribution in [0, 0.1) is 17.8 Å². The van der Waals surface area contributed by atoms with E-state index < -0.39 is 287 Å². The summed E-state index contributed by atoms with van der Waals surface area (Å²) in [5.41, 5.74) is 4.37. The molecule has 7 aliphatic rings. The number of carbonyl (C=O) groups is 9. The second-order valence-corrected chi connectivity index (χ2v) is 35.7. The van der Waals surface area contributed by atoms with Gasteiger partial charge in [-0.1, -0.05) is 110 Å². The molecular weight excluding hydrogens is 1800 g/mol. The Kier molecular flexibility index (Phi) is 33.7. The molecule has 0 saturated carbocycles. The molecule has 0 aliphatic carbocycles. The van der Waals surface area contributed by atoms with Crippen molar-refractivity contribution in [2.45, 2.75) is 227 Å². The number of amides is 5. The average Bonchev–Trinajstić information content (AvgIpc) is 0.760. The number of unbranched alkanes of at least 4 members (excludes halogenated alkanes) is 1. The highest BCUT2D eigenvalue weighted by molar-refractivity contribution is 6.32. The molecule has 5 amide bonds. The third kappa shape index (κ3) is 23.5. The molecule has 0 aromatic heterocycles. The molecule has 14 rings (SSSR count). The van der Waals surface area contributed by atoms with E-state index in [1.807, 2.05) is 50.2 Å². The summed E-state index contributed by atoms with van der Waals surface area (Å²) >= 11 is 20.6. The van der Waals surface area contributed by atoms with Gasteiger partial charge in [0.2, 0.25) is 47.8 Å². The number of nitrogens with two attached hydrogens (primary N) is 1. The van der Waals surface area contributed by atoms with Crippen molar-refractivity contribution in [2.24, 2.45) is 23.5 Å². The van der Waals surface area contributed by atoms with Gasteiger partial charge in [0.15, 0.2) is 41.2 Å². The van der Waals surface area contributed by atoms with E-state index in [-0.39, 0.29) is 90.6 Å². The number of aromatic hydroxyl groups is 3. The van der Waals surface area contributed by atoms with Crippen molar-refractivity contribution < 1.29 is 148 Å². The van der Waals surface area contributed by atoms with Gasteiger partial charge >= 0.3 is 0 Å². The standard InChI is InChI=1S/C93H108Cl3N7O30/c1-6-44(25-41(2)3)87(123)101-74-62(110)29-51(32-70(97)113)88(124)100-73-50-30-67(129-65-22-17-48(76(74)114)27-57(65)95)84(133-92-85(83(121)81(119)69(39-105)131-92)132-71-35-93(5,86(122)42(4)128-71)99-36-43-10-12-45(13-11-43)46-14-19-52(94)20-15-46)68(31-50)130-66-23-18-49(28-58(66)96)77(115)75-90(126)103-91(127-40-106)55-34-61(109)56(37-98-24-8-7-9-60(108)79(117)82(120)80(118)64(112)38-104)78(116)72(55)54-26-47(16-21-59(54)107)53(33-63(73)111)89(125)102-75/h10-23,26-28,30-31,34,40-42,44,51,53,64,69,71,73-77,79-83,85-86,91-92,98-99,104-105,107,109,112,114-122H,6-9,24-25,29,32-33,35-39H2,1-5H3,(H2,97,113)(H,100,124)(H,101,123)(H,102,125)(H,103,126)/t42-,44+,51-,53+,64+,69+,71-,73+,74-,75-,76+,77+,79-,80+,81?,82+,83?,85+,86+,91+,92-,93?/m0/s1. The number of aliphatic hydroxyl groups excluding tert-OH is 11. The van der Waals surface area contributed by atoms with Gasteiger partial charge in [0.25, 0.3) is 6.47 Å². The van der Waals surface area contributed by atoms with Crippen LogP contribution in [0.5, 0.6) is 46.0 Å². The zero-order chi connectivity index (χ0) is 96.5. The van der Waals surface area contributed by atoms with Crippen LogP contribution in [-0.4, -0.2) is 236 Å². The maximum absolute atomic E-state index is 16.6. The Bertz CT molecular complexity index is 5410. The molecule has 11 bridgehead atoms. The largest absolute Gasteiger partial charge is 0.507 e. The van der Waals surface area contributed by atoms with E-state index >= 15 is 24.0 Å². The molecule has 40 heteroatoms. The number of hydrogen-bond acceptors (Lipinski definition) is 32. The lowest BCUT2D eigenvalue weighted by Crippen LogP contribution is -2.65. The maximum Gasteiger partial charge on any atom is 0.295 e. The summed E-state index contributed by atoms with van der Waals surface area (Å²) in [6, 6.07) is 21.9. The summed E-state index contributed by atoms with van der Waals surface area (Å²) in [7, 11) is 0. The normalized spacial score (nSPS) is 26.2. The minimum absolute atomic E-state index is 0.0113. The quantitative estimate of drug-likeness (QED) is 0.0208. The van der Waals surface area contributed by atoms with Crippen molar-refractivity contribution in [3.8, 4) is 68.2 Å². The first-order chi connectivity index (χ1) is 63.2. The van der Waals surface area contributed by atoms with Crippen LogP contribution in [0.1, 0.15) is 162 Å². The molecule has 716 valence electrons. The third-order valence-corrected chi connectivity index (χ3v) is 25.3. The van der Waals surface area contributed by atoms with Crippen molar-refractivity contribution in [3.05, 3.63) is 175 Å². The first-order valence-electron chi connectivity index (χ1n) is 43.2. The molecule has 3 unspecified atom stereocenters. The minimum atomic E-state index is -2.28. The number of hydrogen-bond donors (Lipinski definition) is 21. The lowest BCUT2D eigenvalue weighted by atomic mass is 9.84. The Labute approximate surface area is 777 Å². The van der Waals surface area contributed by atoms with Crippen molar-refractivity contribution in [2.75, 3.05) is 19.8 Å². The molecule has 7 heterocycles. The molecule has 22 atom stereocenters. The number of phenolic OH excluding ortho intramolecular Hbond substituents is 3. The number of carbonyl (C=O) groups excluding carboxylic acids is 9. The van der Waals surface area contributed by atoms with Crippen molar-refractivity contribution in [3.63, 3.8) is 0 Å². The van der Waals surface area contributed by atoms with Crippen LogP contribution in [0.3, 0.4) is 0 Å². The molecule has 0 spiro atoms. The van der Waals surface area contributed by atoms with Crippen LogP contribution in [0.2, 0.25) is 15.1 Å². The van der Waals surface area contributed by atoms with Crippen LogP contribution < -0.4 is 51.8 Å². The Hall–Kier alpha value is -10.6. The molecule has 22 N–H and O–H groups in total. The molecule has 7 aromatic rings. The lowest BCUT2D eigenvalue weighted by molar-refractivity contribution is -0.334. The highest BCUT2D eigenvalue weighted by Gasteiger charge is 2.53. The monoisotopic (exact) mass is 1910 g/mol. The van der Waals surface area contributed by atoms with Crippen LogP contribution in [0.25, 0.3) is 22.3 Å². The SMILES string of the molecule is CC[C@H](CC(C)C)C(=O)N[C@H]1C(=O)C[C@@H](CC(N)=O)C(=O)N[C@H]2C(=O)C[C@H]3C(=O)N[C@H](C(=O)N[C@H](OC=O)c4cc(O)c(CNCCCCC(=O)[C@H](O)[C@@H](O)[C@H](O)[C@H](O)CO)c(O)c4-c4cc3ccc4O)[C@H](O)c3ccc(c(Cl)c3)Oc3cc2cc(c3O[C@@H]2O[C@H](CO)C(O)C(O)[C@H]2O[C@H]2CC(C)(NCc3ccc(-c4ccc(Cl)cc4)cc3)[C@H](O)[C@H](C)O2)Oc2ccc(cc2Cl)[C@H]1O. The van der Waals surface area contributed by atoms with Gasteiger partial charge in [0.1, 0.15) is 102 Å². The number of aliphatic hydroxyl groups is 11. The van der Waals surface area contributed by atoms with Gasteiger partial charge in [0, 0.05) is 78.4 Å². The van der Waals surface area contributed by atoms with Gasteiger partial charge < -0.3 is 142 Å². The molecule has 2 fully saturated rings. The topological polar surface area (TPSA) is 600 Å². The first kappa shape index (κ1) is 101. The highest BCUT2D eigenvalue weighted by Crippen LogP contribution is 2.52. The van der Waals surface area contributed by atoms with Crippen LogP contribution in [0.4, 0.5) is 0 Å².